The summed E-state index contributed by atoms with van der Waals surface area (Å²) in [5, 5.41) is 6.96. The minimum absolute atomic E-state index is 0.0332. The number of aromatic amines is 1. The molecule has 5 N–H and O–H groups in total. The predicted octanol–water partition coefficient (Wildman–Crippen LogP) is 6.78. The summed E-state index contributed by atoms with van der Waals surface area (Å²) in [4.78, 5) is 35.6. The highest BCUT2D eigenvalue weighted by Crippen LogP contribution is 2.59. The average Bonchev–Trinajstić information content (AvgIpc) is 4.00. The van der Waals surface area contributed by atoms with Crippen LogP contribution in [0.1, 0.15) is 69.4 Å². The number of fused-ring (bicyclic) bond motifs is 1. The monoisotopic (exact) mass is 897 g/mol. The van der Waals surface area contributed by atoms with Crippen molar-refractivity contribution in [3.8, 4) is 5.75 Å². The Kier molecular flexibility index (Phi) is 13.0. The highest BCUT2D eigenvalue weighted by atomic mass is 35.5. The van der Waals surface area contributed by atoms with Crippen molar-refractivity contribution in [1.82, 2.24) is 19.5 Å². The molecule has 13 nitrogen and oxygen atoms in total. The zero-order chi connectivity index (χ0) is 43.6. The van der Waals surface area contributed by atoms with E-state index in [0.29, 0.717) is 46.4 Å². The van der Waals surface area contributed by atoms with Crippen molar-refractivity contribution in [2.45, 2.75) is 74.8 Å². The van der Waals surface area contributed by atoms with Gasteiger partial charge in [-0.05, 0) is 130 Å². The molecule has 2 atom stereocenters. The molecule has 2 aliphatic carbocycles. The van der Waals surface area contributed by atoms with Gasteiger partial charge in [0, 0.05) is 67.6 Å². The second kappa shape index (κ2) is 18.8. The van der Waals surface area contributed by atoms with Gasteiger partial charge in [-0.3, -0.25) is 19.8 Å². The number of nitrogens with zero attached hydrogens (tertiary/aromatic N) is 2. The first-order valence-electron chi connectivity index (χ1n) is 22.4. The van der Waals surface area contributed by atoms with Crippen molar-refractivity contribution >= 4 is 55.7 Å². The second-order valence-corrected chi connectivity index (χ2v) is 19.9. The van der Waals surface area contributed by atoms with Crippen LogP contribution in [0.3, 0.4) is 0 Å². The maximum Gasteiger partial charge on any atom is 0.268 e. The number of amides is 2. The van der Waals surface area contributed by atoms with Gasteiger partial charge < -0.3 is 29.4 Å². The van der Waals surface area contributed by atoms with Crippen LogP contribution in [0.2, 0.25) is 5.02 Å². The molecule has 63 heavy (non-hydrogen) atoms. The lowest BCUT2D eigenvalue weighted by Crippen LogP contribution is -2.78. The maximum absolute atomic E-state index is 14.1. The molecule has 5 aliphatic rings. The lowest BCUT2D eigenvalue weighted by molar-refractivity contribution is -0.608. The molecule has 15 heteroatoms. The molecule has 3 saturated heterocycles. The molecule has 3 aliphatic heterocycles. The van der Waals surface area contributed by atoms with Gasteiger partial charge >= 0.3 is 0 Å². The summed E-state index contributed by atoms with van der Waals surface area (Å²) in [5.74, 6) is 1.20. The molecule has 2 unspecified atom stereocenters. The Bertz CT molecular complexity index is 2470. The zero-order valence-corrected chi connectivity index (χ0v) is 37.4. The van der Waals surface area contributed by atoms with Gasteiger partial charge in [0.1, 0.15) is 11.5 Å². The minimum Gasteiger partial charge on any atom is -0.457 e. The number of likely N-dealkylation sites (tertiary alicyclic amines) is 2. The molecule has 1 saturated carbocycles. The maximum atomic E-state index is 14.1. The van der Waals surface area contributed by atoms with E-state index in [1.807, 2.05) is 54.0 Å². The van der Waals surface area contributed by atoms with Crippen molar-refractivity contribution < 1.29 is 37.5 Å². The molecule has 4 aromatic rings. The number of anilines is 1. The molecule has 334 valence electrons. The van der Waals surface area contributed by atoms with Gasteiger partial charge in [0.05, 0.1) is 27.6 Å². The number of nitrogens with two attached hydrogens (primary N) is 1. The Labute approximate surface area is 374 Å². The normalized spacial score (nSPS) is 22.2. The molecule has 1 spiro atoms. The first-order valence-corrected chi connectivity index (χ1v) is 24.3. The van der Waals surface area contributed by atoms with Gasteiger partial charge in [-0.1, -0.05) is 42.7 Å². The van der Waals surface area contributed by atoms with E-state index in [1.54, 1.807) is 25.3 Å². The summed E-state index contributed by atoms with van der Waals surface area (Å²) in [6, 6.07) is 20.5. The van der Waals surface area contributed by atoms with Gasteiger partial charge in [0.15, 0.2) is 12.4 Å². The second-order valence-electron chi connectivity index (χ2n) is 17.8. The Hall–Kier alpha value is -4.70. The van der Waals surface area contributed by atoms with Gasteiger partial charge in [-0.25, -0.2) is 13.1 Å². The minimum atomic E-state index is -4.29. The standard InChI is InChI=1S/C48H57ClN6O7S/c1-60-31-52-43-28-39(10-13-42(43)51-29-32-17-24-61-25-18-32)63(58,59)53-46(56)40-11-8-37(27-44(40)62-38-9-12-41-35(26-38)14-21-50-41)54-22-15-33(16-23-54)30-55-45(34-4-6-36(49)7-5-34)48(47(55)57)19-2-3-20-48/h4-7,9-14,21,26-28,32-33,37,45,50-52H,2-3,8,15-20,22-25,29-31H2,1H3,(H,53,56)/p+1. The van der Waals surface area contributed by atoms with E-state index in [0.717, 1.165) is 107 Å². The smallest absolute Gasteiger partial charge is 0.268 e. The number of β-lactam (4-membered cyclic amide) rings is 1. The Morgan fingerprint density at radius 3 is 2.52 bits per heavy atom. The molecule has 0 bridgehead atoms. The van der Waals surface area contributed by atoms with E-state index in [2.05, 4.69) is 37.0 Å². The Morgan fingerprint density at radius 2 is 1.76 bits per heavy atom. The third-order valence-corrected chi connectivity index (χ3v) is 15.5. The predicted molar refractivity (Wildman–Crippen MR) is 242 cm³/mol. The topological polar surface area (TPSA) is 159 Å². The van der Waals surface area contributed by atoms with Crippen LogP contribution in [0, 0.1) is 17.3 Å². The third kappa shape index (κ3) is 9.30. The molecule has 1 aromatic heterocycles. The lowest BCUT2D eigenvalue weighted by Gasteiger charge is -2.56. The fourth-order valence-electron chi connectivity index (χ4n) is 10.4. The molecule has 3 aromatic carbocycles. The summed E-state index contributed by atoms with van der Waals surface area (Å²) in [6.45, 7) is 4.88. The van der Waals surface area contributed by atoms with Crippen LogP contribution in [-0.2, 0) is 29.1 Å². The van der Waals surface area contributed by atoms with Crippen LogP contribution in [0.15, 0.2) is 101 Å². The zero-order valence-electron chi connectivity index (χ0n) is 35.8. The summed E-state index contributed by atoms with van der Waals surface area (Å²) < 4.78 is 47.5. The summed E-state index contributed by atoms with van der Waals surface area (Å²) in [6.07, 6.45) is 14.0. The van der Waals surface area contributed by atoms with Gasteiger partial charge in [-0.15, -0.1) is 0 Å². The van der Waals surface area contributed by atoms with Crippen LogP contribution >= 0.6 is 11.6 Å². The molecule has 4 heterocycles. The number of nitrogens with one attached hydrogen (secondary N) is 3. The van der Waals surface area contributed by atoms with Gasteiger partial charge in [0.2, 0.25) is 5.91 Å². The molecular weight excluding hydrogens is 840 g/mol. The molecular formula is C48H58ClN6O7S+. The summed E-state index contributed by atoms with van der Waals surface area (Å²) in [5.41, 5.74) is 3.46. The van der Waals surface area contributed by atoms with E-state index < -0.39 is 15.9 Å². The average molecular weight is 899 g/mol. The Morgan fingerprint density at radius 1 is 0.984 bits per heavy atom. The molecule has 2 amide bonds. The number of methoxy groups -OCH3 is 1. The van der Waals surface area contributed by atoms with Crippen LogP contribution in [0.5, 0.6) is 5.75 Å². The highest BCUT2D eigenvalue weighted by molar-refractivity contribution is 7.90. The van der Waals surface area contributed by atoms with Crippen LogP contribution < -0.4 is 20.1 Å². The number of H-pyrrole nitrogens is 1. The number of benzene rings is 3. The van der Waals surface area contributed by atoms with Gasteiger partial charge in [0.25, 0.3) is 15.9 Å². The largest absolute Gasteiger partial charge is 0.457 e. The number of rotatable bonds is 15. The first-order chi connectivity index (χ1) is 30.6. The summed E-state index contributed by atoms with van der Waals surface area (Å²) in [7, 11) is -2.70. The number of ether oxygens (including phenoxy) is 3. The number of quaternary nitrogens is 1. The highest BCUT2D eigenvalue weighted by Gasteiger charge is 2.61. The van der Waals surface area contributed by atoms with Crippen LogP contribution in [0.4, 0.5) is 11.4 Å². The third-order valence-electron chi connectivity index (χ3n) is 13.9. The number of hydrogen-bond donors (Lipinski definition) is 4. The Balaban J connectivity index is 0.890. The van der Waals surface area contributed by atoms with Crippen molar-refractivity contribution in [1.29, 1.82) is 0 Å². The van der Waals surface area contributed by atoms with Crippen molar-refractivity contribution in [2.24, 2.45) is 17.3 Å². The van der Waals surface area contributed by atoms with E-state index >= 15 is 0 Å². The quantitative estimate of drug-likeness (QED) is 0.0574. The first kappa shape index (κ1) is 43.5. The van der Waals surface area contributed by atoms with Crippen molar-refractivity contribution in [3.63, 3.8) is 0 Å². The van der Waals surface area contributed by atoms with E-state index in [-0.39, 0.29) is 34.7 Å². The van der Waals surface area contributed by atoms with E-state index in [4.69, 9.17) is 25.8 Å². The number of carbonyl (C=O) groups excluding carboxylic acids is 2. The molecule has 0 radical (unpaired) electrons. The van der Waals surface area contributed by atoms with Crippen LogP contribution in [-0.4, -0.2) is 94.3 Å². The summed E-state index contributed by atoms with van der Waals surface area (Å²) >= 11 is 6.26. The number of carbonyl (C=O) groups is 2. The number of piperidine rings is 1. The fraction of sp³-hybridized carbons (Fsp3) is 0.458. The van der Waals surface area contributed by atoms with Crippen molar-refractivity contribution in [2.75, 3.05) is 58.6 Å². The SMILES string of the molecule is COC[NH2+]c1cc(S(=O)(=O)NC(=O)C2=CCC(N3CCC(CN4C(=O)C5(CCCC5)C4c4ccc(Cl)cc4)CC3)C=C2Oc2ccc3[nH]ccc3c2)ccc1NCC1CCOCC1. The number of halogens is 1. The number of aromatic nitrogens is 1. The van der Waals surface area contributed by atoms with Crippen LogP contribution in [0.25, 0.3) is 10.9 Å². The van der Waals surface area contributed by atoms with Crippen molar-refractivity contribution in [3.05, 3.63) is 107 Å². The molecule has 4 fully saturated rings. The lowest BCUT2D eigenvalue weighted by atomic mass is 9.66. The van der Waals surface area contributed by atoms with E-state index in [9.17, 15) is 18.0 Å². The number of hydrogen-bond acceptors (Lipinski definition) is 9. The van der Waals surface area contributed by atoms with Gasteiger partial charge in [-0.2, -0.15) is 0 Å². The number of sulfonamides is 1. The fourth-order valence-corrected chi connectivity index (χ4v) is 11.5. The van der Waals surface area contributed by atoms with E-state index in [1.165, 1.54) is 11.6 Å². The molecule has 9 rings (SSSR count).